The summed E-state index contributed by atoms with van der Waals surface area (Å²) >= 11 is 0. The van der Waals surface area contributed by atoms with Crippen LogP contribution in [0.3, 0.4) is 0 Å². The number of rotatable bonds is 5. The fourth-order valence-corrected chi connectivity index (χ4v) is 2.46. The average molecular weight is 299 g/mol. The van der Waals surface area contributed by atoms with Crippen LogP contribution in [0.25, 0.3) is 0 Å². The van der Waals surface area contributed by atoms with Gasteiger partial charge in [0.15, 0.2) is 5.82 Å². The van der Waals surface area contributed by atoms with Gasteiger partial charge in [-0.1, -0.05) is 35.5 Å². The molecule has 0 spiro atoms. The topological polar surface area (TPSA) is 84.2 Å². The van der Waals surface area contributed by atoms with Crippen molar-refractivity contribution >= 4 is 17.6 Å². The van der Waals surface area contributed by atoms with E-state index in [1.807, 2.05) is 30.3 Å². The summed E-state index contributed by atoms with van der Waals surface area (Å²) in [5.41, 5.74) is 1.17. The highest BCUT2D eigenvalue weighted by molar-refractivity contribution is 5.94. The van der Waals surface area contributed by atoms with Crippen molar-refractivity contribution in [2.75, 3.05) is 11.9 Å². The van der Waals surface area contributed by atoms with E-state index in [9.17, 15) is 9.59 Å². The third-order valence-electron chi connectivity index (χ3n) is 3.67. The van der Waals surface area contributed by atoms with Gasteiger partial charge in [0, 0.05) is 12.0 Å². The van der Waals surface area contributed by atoms with Crippen LogP contribution in [0.1, 0.15) is 23.7 Å². The molecule has 1 aliphatic carbocycles. The summed E-state index contributed by atoms with van der Waals surface area (Å²) in [6.45, 7) is 1.67. The summed E-state index contributed by atoms with van der Waals surface area (Å²) in [5, 5.41) is 8.89. The Morgan fingerprint density at radius 1 is 1.32 bits per heavy atom. The molecule has 2 aromatic rings. The molecule has 6 nitrogen and oxygen atoms in total. The van der Waals surface area contributed by atoms with E-state index in [1.165, 1.54) is 5.56 Å². The van der Waals surface area contributed by atoms with Crippen LogP contribution in [0.15, 0.2) is 40.9 Å². The monoisotopic (exact) mass is 299 g/mol. The number of nitrogens with one attached hydrogen (secondary N) is 2. The number of benzene rings is 1. The molecule has 1 aromatic carbocycles. The highest BCUT2D eigenvalue weighted by Gasteiger charge is 2.43. The minimum Gasteiger partial charge on any atom is -0.360 e. The van der Waals surface area contributed by atoms with Crippen molar-refractivity contribution < 1.29 is 14.1 Å². The third kappa shape index (κ3) is 3.33. The van der Waals surface area contributed by atoms with E-state index in [0.717, 1.165) is 6.42 Å². The molecule has 6 heteroatoms. The number of hydrogen-bond acceptors (Lipinski definition) is 4. The first-order chi connectivity index (χ1) is 10.6. The van der Waals surface area contributed by atoms with Crippen LogP contribution < -0.4 is 10.6 Å². The van der Waals surface area contributed by atoms with E-state index in [1.54, 1.807) is 13.0 Å². The number of nitrogens with zero attached hydrogens (tertiary/aromatic N) is 1. The number of carbonyl (C=O) groups excluding carboxylic acids is 2. The average Bonchev–Trinajstić information content (AvgIpc) is 3.23. The Morgan fingerprint density at radius 3 is 2.77 bits per heavy atom. The minimum atomic E-state index is -0.321. The molecule has 0 bridgehead atoms. The van der Waals surface area contributed by atoms with Gasteiger partial charge in [-0.25, -0.2) is 0 Å². The lowest BCUT2D eigenvalue weighted by atomic mass is 10.1. The Hall–Kier alpha value is -2.63. The molecule has 22 heavy (non-hydrogen) atoms. The molecule has 1 heterocycles. The summed E-state index contributed by atoms with van der Waals surface area (Å²) in [4.78, 5) is 23.7. The number of aryl methyl sites for hydroxylation is 1. The number of amides is 2. The Kier molecular flexibility index (Phi) is 3.91. The minimum absolute atomic E-state index is 0.0375. The molecule has 0 aliphatic heterocycles. The lowest BCUT2D eigenvalue weighted by molar-refractivity contribution is -0.125. The lowest BCUT2D eigenvalue weighted by Crippen LogP contribution is -2.34. The Bertz CT molecular complexity index is 681. The quantitative estimate of drug-likeness (QED) is 0.882. The highest BCUT2D eigenvalue weighted by atomic mass is 16.5. The molecular weight excluding hydrogens is 282 g/mol. The van der Waals surface area contributed by atoms with Gasteiger partial charge in [-0.2, -0.15) is 0 Å². The number of anilines is 1. The Morgan fingerprint density at radius 2 is 2.09 bits per heavy atom. The van der Waals surface area contributed by atoms with E-state index >= 15 is 0 Å². The first-order valence-electron chi connectivity index (χ1n) is 7.19. The molecule has 2 N–H and O–H groups in total. The first-order valence-corrected chi connectivity index (χ1v) is 7.19. The number of hydrogen-bond donors (Lipinski definition) is 2. The zero-order chi connectivity index (χ0) is 15.5. The van der Waals surface area contributed by atoms with Crippen LogP contribution >= 0.6 is 0 Å². The molecule has 0 radical (unpaired) electrons. The maximum atomic E-state index is 12.0. The van der Waals surface area contributed by atoms with E-state index < -0.39 is 0 Å². The summed E-state index contributed by atoms with van der Waals surface area (Å²) < 4.78 is 4.85. The van der Waals surface area contributed by atoms with Gasteiger partial charge in [-0.05, 0) is 24.8 Å². The van der Waals surface area contributed by atoms with Crippen LogP contribution in [0.2, 0.25) is 0 Å². The smallest absolute Gasteiger partial charge is 0.245 e. The standard InChI is InChI=1S/C16H17N3O3/c1-10-7-14(19-22-10)18-15(20)9-17-16(21)13-8-12(13)11-5-3-2-4-6-11/h2-7,12-13H,8-9H2,1H3,(H,17,21)(H,18,19,20). The lowest BCUT2D eigenvalue weighted by Gasteiger charge is -2.05. The van der Waals surface area contributed by atoms with Crippen molar-refractivity contribution in [1.82, 2.24) is 10.5 Å². The van der Waals surface area contributed by atoms with Gasteiger partial charge >= 0.3 is 0 Å². The van der Waals surface area contributed by atoms with E-state index in [2.05, 4.69) is 15.8 Å². The van der Waals surface area contributed by atoms with Crippen molar-refractivity contribution in [2.24, 2.45) is 5.92 Å². The second-order valence-corrected chi connectivity index (χ2v) is 5.45. The zero-order valence-corrected chi connectivity index (χ0v) is 12.2. The molecule has 2 amide bonds. The van der Waals surface area contributed by atoms with Gasteiger partial charge in [0.25, 0.3) is 0 Å². The van der Waals surface area contributed by atoms with Crippen molar-refractivity contribution in [2.45, 2.75) is 19.3 Å². The molecule has 1 fully saturated rings. The van der Waals surface area contributed by atoms with Crippen LogP contribution in [0.4, 0.5) is 5.82 Å². The summed E-state index contributed by atoms with van der Waals surface area (Å²) in [6.07, 6.45) is 0.833. The second-order valence-electron chi connectivity index (χ2n) is 5.45. The SMILES string of the molecule is Cc1cc(NC(=O)CNC(=O)C2CC2c2ccccc2)no1. The van der Waals surface area contributed by atoms with Gasteiger partial charge in [0.1, 0.15) is 5.76 Å². The molecule has 2 unspecified atom stereocenters. The zero-order valence-electron chi connectivity index (χ0n) is 12.2. The molecule has 1 aromatic heterocycles. The molecule has 114 valence electrons. The first kappa shape index (κ1) is 14.3. The van der Waals surface area contributed by atoms with Crippen molar-refractivity contribution in [3.05, 3.63) is 47.7 Å². The molecule has 1 saturated carbocycles. The van der Waals surface area contributed by atoms with Crippen LogP contribution in [-0.2, 0) is 9.59 Å². The van der Waals surface area contributed by atoms with Crippen molar-refractivity contribution in [1.29, 1.82) is 0 Å². The van der Waals surface area contributed by atoms with Gasteiger partial charge in [0.05, 0.1) is 6.54 Å². The molecule has 0 saturated heterocycles. The highest BCUT2D eigenvalue weighted by Crippen LogP contribution is 2.47. The van der Waals surface area contributed by atoms with E-state index in [-0.39, 0.29) is 30.2 Å². The van der Waals surface area contributed by atoms with Crippen LogP contribution in [0, 0.1) is 12.8 Å². The predicted octanol–water partition coefficient (Wildman–Crippen LogP) is 1.84. The maximum absolute atomic E-state index is 12.0. The summed E-state index contributed by atoms with van der Waals surface area (Å²) in [6, 6.07) is 11.6. The van der Waals surface area contributed by atoms with Gasteiger partial charge in [0.2, 0.25) is 11.8 Å². The Balaban J connectivity index is 1.44. The molecule has 2 atom stereocenters. The maximum Gasteiger partial charge on any atom is 0.245 e. The summed E-state index contributed by atoms with van der Waals surface area (Å²) in [7, 11) is 0. The van der Waals surface area contributed by atoms with E-state index in [4.69, 9.17) is 4.52 Å². The summed E-state index contributed by atoms with van der Waals surface area (Å²) in [5.74, 6) is 0.791. The number of aromatic nitrogens is 1. The van der Waals surface area contributed by atoms with Crippen molar-refractivity contribution in [3.8, 4) is 0 Å². The largest absolute Gasteiger partial charge is 0.360 e. The normalized spacial score (nSPS) is 19.5. The fraction of sp³-hybridized carbons (Fsp3) is 0.312. The Labute approximate surface area is 127 Å². The van der Waals surface area contributed by atoms with Gasteiger partial charge in [-0.3, -0.25) is 9.59 Å². The van der Waals surface area contributed by atoms with Gasteiger partial charge in [-0.15, -0.1) is 0 Å². The second kappa shape index (κ2) is 6.01. The molecular formula is C16H17N3O3. The molecule has 3 rings (SSSR count). The van der Waals surface area contributed by atoms with Crippen LogP contribution in [0.5, 0.6) is 0 Å². The predicted molar refractivity (Wildman–Crippen MR) is 80.2 cm³/mol. The molecule has 1 aliphatic rings. The number of carbonyl (C=O) groups is 2. The third-order valence-corrected chi connectivity index (χ3v) is 3.67. The van der Waals surface area contributed by atoms with Gasteiger partial charge < -0.3 is 15.2 Å². The fourth-order valence-electron chi connectivity index (χ4n) is 2.46. The van der Waals surface area contributed by atoms with Crippen LogP contribution in [-0.4, -0.2) is 23.5 Å². The van der Waals surface area contributed by atoms with Crippen molar-refractivity contribution in [3.63, 3.8) is 0 Å². The van der Waals surface area contributed by atoms with E-state index in [0.29, 0.717) is 11.6 Å².